The topological polar surface area (TPSA) is 82.5 Å². The predicted molar refractivity (Wildman–Crippen MR) is 114 cm³/mol. The van der Waals surface area contributed by atoms with Crippen molar-refractivity contribution in [1.82, 2.24) is 10.3 Å². The van der Waals surface area contributed by atoms with Gasteiger partial charge >= 0.3 is 0 Å². The third-order valence-electron chi connectivity index (χ3n) is 8.27. The van der Waals surface area contributed by atoms with Gasteiger partial charge in [-0.15, -0.1) is 0 Å². The Balaban J connectivity index is 1.34. The fraction of sp³-hybridized carbons (Fsp3) is 0.520. The van der Waals surface area contributed by atoms with Crippen molar-refractivity contribution in [3.63, 3.8) is 0 Å². The Bertz CT molecular complexity index is 947. The zero-order valence-corrected chi connectivity index (χ0v) is 17.4. The number of phenolic OH excluding ortho intramolecular Hbond substituents is 1. The summed E-state index contributed by atoms with van der Waals surface area (Å²) < 4.78 is 0. The second-order valence-corrected chi connectivity index (χ2v) is 9.70. The number of benzene rings is 1. The molecule has 1 heterocycles. The van der Waals surface area contributed by atoms with Gasteiger partial charge in [0.05, 0.1) is 12.0 Å². The zero-order valence-electron chi connectivity index (χ0n) is 17.4. The summed E-state index contributed by atoms with van der Waals surface area (Å²) in [6, 6.07) is 9.60. The zero-order chi connectivity index (χ0) is 20.9. The summed E-state index contributed by atoms with van der Waals surface area (Å²) in [5.74, 6) is 1.28. The fourth-order valence-corrected chi connectivity index (χ4v) is 6.66. The quantitative estimate of drug-likeness (QED) is 0.728. The molecule has 158 valence electrons. The molecule has 0 spiro atoms. The third kappa shape index (κ3) is 3.11. The van der Waals surface area contributed by atoms with Gasteiger partial charge in [-0.2, -0.15) is 0 Å². The van der Waals surface area contributed by atoms with E-state index in [1.54, 1.807) is 18.5 Å². The van der Waals surface area contributed by atoms with Crippen LogP contribution in [0, 0.1) is 23.2 Å². The van der Waals surface area contributed by atoms with E-state index in [0.717, 1.165) is 37.7 Å². The monoisotopic (exact) mass is 406 g/mol. The molecule has 2 saturated carbocycles. The number of aliphatic hydroxyl groups excluding tert-OH is 1. The van der Waals surface area contributed by atoms with Crippen molar-refractivity contribution in [2.45, 2.75) is 57.6 Å². The SMILES string of the molecule is C[C@]12CCC3c4ccc(O)cc4CCC3C1CC(C(=O)NCc1ccncc1)[C@@H]2O. The summed E-state index contributed by atoms with van der Waals surface area (Å²) in [6.07, 6.45) is 7.62. The first-order chi connectivity index (χ1) is 14.5. The molecule has 5 heteroatoms. The number of aromatic hydroxyl groups is 1. The average molecular weight is 407 g/mol. The van der Waals surface area contributed by atoms with E-state index >= 15 is 0 Å². The van der Waals surface area contributed by atoms with Gasteiger partial charge in [0, 0.05) is 18.9 Å². The molecular formula is C25H30N2O3. The fourth-order valence-electron chi connectivity index (χ4n) is 6.66. The van der Waals surface area contributed by atoms with Gasteiger partial charge in [-0.1, -0.05) is 13.0 Å². The van der Waals surface area contributed by atoms with Crippen LogP contribution in [0.3, 0.4) is 0 Å². The lowest BCUT2D eigenvalue weighted by Gasteiger charge is -2.50. The van der Waals surface area contributed by atoms with Crippen LogP contribution in [-0.4, -0.2) is 27.2 Å². The first-order valence-corrected chi connectivity index (χ1v) is 11.1. The van der Waals surface area contributed by atoms with Gasteiger partial charge in [-0.05, 0) is 96.2 Å². The van der Waals surface area contributed by atoms with E-state index in [4.69, 9.17) is 0 Å². The van der Waals surface area contributed by atoms with E-state index in [-0.39, 0.29) is 17.2 Å². The molecule has 4 unspecified atom stereocenters. The lowest BCUT2D eigenvalue weighted by Crippen LogP contribution is -2.45. The number of pyridine rings is 1. The molecule has 0 aliphatic heterocycles. The van der Waals surface area contributed by atoms with Gasteiger partial charge in [-0.3, -0.25) is 9.78 Å². The number of amides is 1. The Hall–Kier alpha value is -2.40. The van der Waals surface area contributed by atoms with E-state index in [1.165, 1.54) is 11.1 Å². The van der Waals surface area contributed by atoms with Gasteiger partial charge in [0.15, 0.2) is 0 Å². The van der Waals surface area contributed by atoms with Crippen LogP contribution in [0.5, 0.6) is 5.75 Å². The number of carbonyl (C=O) groups excluding carboxylic acids is 1. The normalized spacial score (nSPS) is 34.5. The summed E-state index contributed by atoms with van der Waals surface area (Å²) in [6.45, 7) is 2.66. The maximum Gasteiger partial charge on any atom is 0.226 e. The van der Waals surface area contributed by atoms with Crippen molar-refractivity contribution in [1.29, 1.82) is 0 Å². The highest BCUT2D eigenvalue weighted by atomic mass is 16.3. The predicted octanol–water partition coefficient (Wildman–Crippen LogP) is 3.55. The van der Waals surface area contributed by atoms with Crippen molar-refractivity contribution >= 4 is 5.91 Å². The Morgan fingerprint density at radius 3 is 2.83 bits per heavy atom. The first-order valence-electron chi connectivity index (χ1n) is 11.1. The Kier molecular flexibility index (Phi) is 4.81. The number of hydrogen-bond donors (Lipinski definition) is 3. The number of aromatic nitrogens is 1. The molecule has 1 aromatic heterocycles. The number of carbonyl (C=O) groups is 1. The Morgan fingerprint density at radius 2 is 2.03 bits per heavy atom. The summed E-state index contributed by atoms with van der Waals surface area (Å²) in [7, 11) is 0. The van der Waals surface area contributed by atoms with Gasteiger partial charge in [0.25, 0.3) is 0 Å². The minimum absolute atomic E-state index is 0.0346. The third-order valence-corrected chi connectivity index (χ3v) is 8.27. The minimum Gasteiger partial charge on any atom is -0.508 e. The van der Waals surface area contributed by atoms with Crippen molar-refractivity contribution < 1.29 is 15.0 Å². The standard InChI is InChI=1S/C25H30N2O3/c1-25-9-6-19-18-5-3-17(28)12-16(18)2-4-20(19)22(25)13-21(23(25)29)24(30)27-14-15-7-10-26-11-8-15/h3,5,7-8,10-12,19-23,28-29H,2,4,6,9,13-14H2,1H3,(H,27,30)/t19?,20?,21?,22?,23-,25-/m0/s1. The first kappa shape index (κ1) is 19.6. The average Bonchev–Trinajstić information content (AvgIpc) is 3.03. The lowest BCUT2D eigenvalue weighted by molar-refractivity contribution is -0.129. The molecule has 2 aromatic rings. The summed E-state index contributed by atoms with van der Waals surface area (Å²) in [4.78, 5) is 17.0. The molecule has 3 N–H and O–H groups in total. The van der Waals surface area contributed by atoms with Crippen LogP contribution in [0.2, 0.25) is 0 Å². The highest BCUT2D eigenvalue weighted by Gasteiger charge is 2.59. The number of aliphatic hydroxyl groups is 1. The maximum absolute atomic E-state index is 13.0. The van der Waals surface area contributed by atoms with Gasteiger partial charge in [0.2, 0.25) is 5.91 Å². The molecule has 30 heavy (non-hydrogen) atoms. The minimum atomic E-state index is -0.595. The van der Waals surface area contributed by atoms with Crippen LogP contribution >= 0.6 is 0 Å². The number of phenols is 1. The van der Waals surface area contributed by atoms with Gasteiger partial charge in [-0.25, -0.2) is 0 Å². The molecule has 0 radical (unpaired) electrons. The molecule has 0 saturated heterocycles. The lowest BCUT2D eigenvalue weighted by atomic mass is 9.55. The summed E-state index contributed by atoms with van der Waals surface area (Å²) in [5.41, 5.74) is 3.45. The number of nitrogens with one attached hydrogen (secondary N) is 1. The Morgan fingerprint density at radius 1 is 1.23 bits per heavy atom. The number of rotatable bonds is 3. The highest BCUT2D eigenvalue weighted by molar-refractivity contribution is 5.80. The molecule has 3 aliphatic carbocycles. The van der Waals surface area contributed by atoms with Crippen LogP contribution in [0.4, 0.5) is 0 Å². The van der Waals surface area contributed by atoms with Crippen molar-refractivity contribution in [3.8, 4) is 5.75 Å². The van der Waals surface area contributed by atoms with Gasteiger partial charge in [0.1, 0.15) is 5.75 Å². The van der Waals surface area contributed by atoms with E-state index in [9.17, 15) is 15.0 Å². The van der Waals surface area contributed by atoms with Crippen LogP contribution in [0.1, 0.15) is 55.2 Å². The van der Waals surface area contributed by atoms with Crippen molar-refractivity contribution in [3.05, 3.63) is 59.4 Å². The van der Waals surface area contributed by atoms with E-state index in [2.05, 4.69) is 23.3 Å². The Labute approximate surface area is 177 Å². The second kappa shape index (κ2) is 7.38. The molecule has 2 fully saturated rings. The van der Waals surface area contributed by atoms with E-state index < -0.39 is 6.10 Å². The number of hydrogen-bond acceptors (Lipinski definition) is 4. The smallest absolute Gasteiger partial charge is 0.226 e. The maximum atomic E-state index is 13.0. The van der Waals surface area contributed by atoms with E-state index in [0.29, 0.717) is 30.0 Å². The summed E-state index contributed by atoms with van der Waals surface area (Å²) in [5, 5.41) is 24.1. The highest BCUT2D eigenvalue weighted by Crippen LogP contribution is 2.62. The number of aryl methyl sites for hydroxylation is 1. The molecule has 0 bridgehead atoms. The van der Waals surface area contributed by atoms with E-state index in [1.807, 2.05) is 18.2 Å². The van der Waals surface area contributed by atoms with Crippen molar-refractivity contribution in [2.24, 2.45) is 23.2 Å². The molecule has 1 aromatic carbocycles. The molecule has 1 amide bonds. The van der Waals surface area contributed by atoms with Crippen molar-refractivity contribution in [2.75, 3.05) is 0 Å². The number of nitrogens with zero attached hydrogens (tertiary/aromatic N) is 1. The summed E-state index contributed by atoms with van der Waals surface area (Å²) >= 11 is 0. The van der Waals surface area contributed by atoms with Crippen LogP contribution in [0.15, 0.2) is 42.7 Å². The second-order valence-electron chi connectivity index (χ2n) is 9.70. The van der Waals surface area contributed by atoms with Gasteiger partial charge < -0.3 is 15.5 Å². The van der Waals surface area contributed by atoms with Crippen LogP contribution in [-0.2, 0) is 17.8 Å². The molecular weight excluding hydrogens is 376 g/mol. The molecule has 3 aliphatic rings. The molecule has 6 atom stereocenters. The van der Waals surface area contributed by atoms with Crippen LogP contribution in [0.25, 0.3) is 0 Å². The molecule has 5 rings (SSSR count). The molecule has 5 nitrogen and oxygen atoms in total. The number of fused-ring (bicyclic) bond motifs is 5. The van der Waals surface area contributed by atoms with Crippen LogP contribution < -0.4 is 5.32 Å². The largest absolute Gasteiger partial charge is 0.508 e.